The van der Waals surface area contributed by atoms with Gasteiger partial charge in [0.2, 0.25) is 0 Å². The molecule has 0 aliphatic carbocycles. The lowest BCUT2D eigenvalue weighted by Crippen LogP contribution is -2.44. The van der Waals surface area contributed by atoms with E-state index in [-0.39, 0.29) is 17.5 Å². The van der Waals surface area contributed by atoms with Crippen molar-refractivity contribution in [3.63, 3.8) is 0 Å². The van der Waals surface area contributed by atoms with Crippen molar-refractivity contribution in [3.8, 4) is 0 Å². The summed E-state index contributed by atoms with van der Waals surface area (Å²) in [6, 6.07) is 14.5. The fraction of sp³-hybridized carbons (Fsp3) is 0.389. The number of fused-ring (bicyclic) bond motifs is 1. The van der Waals surface area contributed by atoms with E-state index in [9.17, 15) is 8.42 Å². The predicted molar refractivity (Wildman–Crippen MR) is 99.0 cm³/mol. The molecule has 1 atom stereocenters. The molecule has 2 aromatic rings. The molecule has 1 saturated heterocycles. The van der Waals surface area contributed by atoms with Crippen molar-refractivity contribution in [2.45, 2.75) is 25.9 Å². The summed E-state index contributed by atoms with van der Waals surface area (Å²) < 4.78 is 23.2. The Morgan fingerprint density at radius 2 is 2.00 bits per heavy atom. The Morgan fingerprint density at radius 3 is 2.71 bits per heavy atom. The van der Waals surface area contributed by atoms with Crippen LogP contribution in [0, 0.1) is 0 Å². The maximum Gasteiger partial charge on any atom is 0.191 e. The molecule has 3 rings (SSSR count). The van der Waals surface area contributed by atoms with Gasteiger partial charge in [0.1, 0.15) is 0 Å². The standard InChI is InChI=1S/C18H23N3O2S/c1-2-19-18(21-17-9-10-24(22,23)13-17)20-12-14-7-8-15-5-3-4-6-16(15)11-14/h3-8,11,17H,2,9-10,12-13H2,1H3,(H2,19,20,21). The molecule has 1 fully saturated rings. The van der Waals surface area contributed by atoms with E-state index in [1.807, 2.05) is 19.1 Å². The molecule has 0 aromatic heterocycles. The summed E-state index contributed by atoms with van der Waals surface area (Å²) in [6.07, 6.45) is 0.642. The van der Waals surface area contributed by atoms with Gasteiger partial charge in [0.15, 0.2) is 15.8 Å². The van der Waals surface area contributed by atoms with Crippen LogP contribution in [0.1, 0.15) is 18.9 Å². The first-order valence-corrected chi connectivity index (χ1v) is 10.1. The van der Waals surface area contributed by atoms with Crippen LogP contribution in [0.5, 0.6) is 0 Å². The first kappa shape index (κ1) is 16.8. The predicted octanol–water partition coefficient (Wildman–Crippen LogP) is 2.08. The Bertz CT molecular complexity index is 846. The molecule has 24 heavy (non-hydrogen) atoms. The monoisotopic (exact) mass is 345 g/mol. The number of benzene rings is 2. The highest BCUT2D eigenvalue weighted by molar-refractivity contribution is 7.91. The number of nitrogens with one attached hydrogen (secondary N) is 2. The van der Waals surface area contributed by atoms with Gasteiger partial charge in [-0.1, -0.05) is 36.4 Å². The normalized spacial score (nSPS) is 20.2. The largest absolute Gasteiger partial charge is 0.357 e. The van der Waals surface area contributed by atoms with Crippen LogP contribution in [0.2, 0.25) is 0 Å². The van der Waals surface area contributed by atoms with Crippen LogP contribution < -0.4 is 10.6 Å². The molecule has 1 aliphatic heterocycles. The van der Waals surface area contributed by atoms with Gasteiger partial charge in [0, 0.05) is 12.6 Å². The van der Waals surface area contributed by atoms with Crippen LogP contribution >= 0.6 is 0 Å². The van der Waals surface area contributed by atoms with Crippen LogP contribution in [-0.4, -0.2) is 38.5 Å². The average molecular weight is 345 g/mol. The van der Waals surface area contributed by atoms with Crippen LogP contribution in [0.25, 0.3) is 10.8 Å². The second-order valence-corrected chi connectivity index (χ2v) is 8.35. The molecule has 1 aliphatic rings. The van der Waals surface area contributed by atoms with E-state index in [2.05, 4.69) is 46.0 Å². The van der Waals surface area contributed by atoms with Crippen LogP contribution in [0.15, 0.2) is 47.5 Å². The second kappa shape index (κ2) is 7.21. The quantitative estimate of drug-likeness (QED) is 0.657. The van der Waals surface area contributed by atoms with E-state index in [0.29, 0.717) is 18.9 Å². The number of nitrogens with zero attached hydrogens (tertiary/aromatic N) is 1. The van der Waals surface area contributed by atoms with E-state index in [1.54, 1.807) is 0 Å². The van der Waals surface area contributed by atoms with Gasteiger partial charge in [-0.05, 0) is 35.7 Å². The lowest BCUT2D eigenvalue weighted by atomic mass is 10.1. The van der Waals surface area contributed by atoms with Gasteiger partial charge in [0.25, 0.3) is 0 Å². The first-order valence-electron chi connectivity index (χ1n) is 8.29. The molecule has 1 unspecified atom stereocenters. The summed E-state index contributed by atoms with van der Waals surface area (Å²) in [5.74, 6) is 1.12. The summed E-state index contributed by atoms with van der Waals surface area (Å²) in [5.41, 5.74) is 1.13. The molecule has 0 bridgehead atoms. The Kier molecular flexibility index (Phi) is 5.04. The Morgan fingerprint density at radius 1 is 1.21 bits per heavy atom. The van der Waals surface area contributed by atoms with Gasteiger partial charge in [-0.3, -0.25) is 0 Å². The zero-order chi connectivity index (χ0) is 17.0. The number of aliphatic imine (C=N–C) groups is 1. The van der Waals surface area contributed by atoms with Crippen LogP contribution in [0.4, 0.5) is 0 Å². The number of rotatable bonds is 4. The Hall–Kier alpha value is -2.08. The summed E-state index contributed by atoms with van der Waals surface area (Å²) in [5, 5.41) is 8.84. The number of hydrogen-bond donors (Lipinski definition) is 2. The minimum absolute atomic E-state index is 0.0515. The maximum absolute atomic E-state index is 11.6. The summed E-state index contributed by atoms with van der Waals surface area (Å²) in [4.78, 5) is 4.60. The molecular formula is C18H23N3O2S. The van der Waals surface area contributed by atoms with Gasteiger partial charge in [-0.15, -0.1) is 0 Å². The maximum atomic E-state index is 11.6. The van der Waals surface area contributed by atoms with Crippen molar-refractivity contribution in [2.75, 3.05) is 18.1 Å². The van der Waals surface area contributed by atoms with Crippen molar-refractivity contribution in [2.24, 2.45) is 4.99 Å². The third kappa shape index (κ3) is 4.26. The molecule has 0 saturated carbocycles. The van der Waals surface area contributed by atoms with E-state index in [1.165, 1.54) is 10.8 Å². The first-order chi connectivity index (χ1) is 11.6. The zero-order valence-corrected chi connectivity index (χ0v) is 14.6. The van der Waals surface area contributed by atoms with Gasteiger partial charge >= 0.3 is 0 Å². The third-order valence-electron chi connectivity index (χ3n) is 4.15. The molecule has 0 radical (unpaired) electrons. The fourth-order valence-electron chi connectivity index (χ4n) is 2.93. The van der Waals surface area contributed by atoms with Gasteiger partial charge in [-0.25, -0.2) is 13.4 Å². The minimum atomic E-state index is -2.89. The average Bonchev–Trinajstić information content (AvgIpc) is 2.91. The molecule has 2 N–H and O–H groups in total. The van der Waals surface area contributed by atoms with Crippen molar-refractivity contribution in [1.82, 2.24) is 10.6 Å². The highest BCUT2D eigenvalue weighted by atomic mass is 32.2. The van der Waals surface area contributed by atoms with Crippen molar-refractivity contribution >= 4 is 26.6 Å². The smallest absolute Gasteiger partial charge is 0.191 e. The topological polar surface area (TPSA) is 70.6 Å². The summed E-state index contributed by atoms with van der Waals surface area (Å²) in [7, 11) is -2.89. The minimum Gasteiger partial charge on any atom is -0.357 e. The SMILES string of the molecule is CCNC(=NCc1ccc2ccccc2c1)NC1CCS(=O)(=O)C1. The summed E-state index contributed by atoms with van der Waals surface area (Å²) >= 11 is 0. The number of sulfone groups is 1. The number of hydrogen-bond acceptors (Lipinski definition) is 3. The second-order valence-electron chi connectivity index (χ2n) is 6.12. The van der Waals surface area contributed by atoms with Crippen molar-refractivity contribution < 1.29 is 8.42 Å². The van der Waals surface area contributed by atoms with Gasteiger partial charge < -0.3 is 10.6 Å². The van der Waals surface area contributed by atoms with Crippen LogP contribution in [0.3, 0.4) is 0 Å². The lowest BCUT2D eigenvalue weighted by Gasteiger charge is -2.15. The fourth-order valence-corrected chi connectivity index (χ4v) is 4.60. The van der Waals surface area contributed by atoms with Gasteiger partial charge in [0.05, 0.1) is 18.1 Å². The molecule has 0 amide bonds. The highest BCUT2D eigenvalue weighted by Crippen LogP contribution is 2.16. The van der Waals surface area contributed by atoms with E-state index in [4.69, 9.17) is 0 Å². The zero-order valence-electron chi connectivity index (χ0n) is 13.8. The van der Waals surface area contributed by atoms with E-state index >= 15 is 0 Å². The van der Waals surface area contributed by atoms with E-state index in [0.717, 1.165) is 12.1 Å². The number of guanidine groups is 1. The van der Waals surface area contributed by atoms with Crippen molar-refractivity contribution in [1.29, 1.82) is 0 Å². The van der Waals surface area contributed by atoms with Gasteiger partial charge in [-0.2, -0.15) is 0 Å². The molecule has 5 nitrogen and oxygen atoms in total. The molecule has 6 heteroatoms. The molecule has 0 spiro atoms. The highest BCUT2D eigenvalue weighted by Gasteiger charge is 2.28. The molecule has 128 valence electrons. The third-order valence-corrected chi connectivity index (χ3v) is 5.92. The van der Waals surface area contributed by atoms with E-state index < -0.39 is 9.84 Å². The summed E-state index contributed by atoms with van der Waals surface area (Å²) in [6.45, 7) is 3.29. The molecule has 2 aromatic carbocycles. The Balaban J connectivity index is 1.70. The molecular weight excluding hydrogens is 322 g/mol. The molecule has 1 heterocycles. The van der Waals surface area contributed by atoms with Crippen LogP contribution in [-0.2, 0) is 16.4 Å². The lowest BCUT2D eigenvalue weighted by molar-refractivity contribution is 0.599. The van der Waals surface area contributed by atoms with Crippen molar-refractivity contribution in [3.05, 3.63) is 48.0 Å². The Labute approximate surface area is 143 Å².